The van der Waals surface area contributed by atoms with E-state index in [1.54, 1.807) is 45.3 Å². The SMILES string of the molecule is COc1cc2c(cc1OC)[C@@H]1CN(C)CC[C@@H]1N=C2c1ccc(C(=O)NC(=N)N(C)C)cc1.Cl. The number of methoxy groups -OCH3 is 2. The molecule has 9 heteroatoms. The van der Waals surface area contributed by atoms with Crippen LogP contribution in [-0.2, 0) is 0 Å². The zero-order chi connectivity index (χ0) is 23.7. The van der Waals surface area contributed by atoms with Crippen molar-refractivity contribution in [3.63, 3.8) is 0 Å². The topological polar surface area (TPSA) is 90.2 Å². The van der Waals surface area contributed by atoms with Gasteiger partial charge in [0.05, 0.1) is 26.0 Å². The van der Waals surface area contributed by atoms with Gasteiger partial charge in [0.15, 0.2) is 17.5 Å². The van der Waals surface area contributed by atoms with E-state index in [9.17, 15) is 4.79 Å². The largest absolute Gasteiger partial charge is 0.493 e. The number of halogens is 1. The number of carbonyl (C=O) groups excluding carboxylic acids is 1. The fraction of sp³-hybridized carbons (Fsp3) is 0.400. The molecule has 2 aromatic carbocycles. The summed E-state index contributed by atoms with van der Waals surface area (Å²) in [6.07, 6.45) is 0.992. The van der Waals surface area contributed by atoms with Crippen molar-refractivity contribution in [2.45, 2.75) is 18.4 Å². The van der Waals surface area contributed by atoms with E-state index >= 15 is 0 Å². The zero-order valence-corrected chi connectivity index (χ0v) is 21.0. The molecule has 0 bridgehead atoms. The number of piperidine rings is 1. The van der Waals surface area contributed by atoms with E-state index in [0.717, 1.165) is 42.1 Å². The lowest BCUT2D eigenvalue weighted by Crippen LogP contribution is -2.41. The zero-order valence-electron chi connectivity index (χ0n) is 20.2. The molecule has 1 amide bonds. The minimum Gasteiger partial charge on any atom is -0.493 e. The Morgan fingerprint density at radius 2 is 1.79 bits per heavy atom. The highest BCUT2D eigenvalue weighted by Crippen LogP contribution is 2.42. The van der Waals surface area contributed by atoms with Crippen LogP contribution in [0.1, 0.15) is 39.4 Å². The fourth-order valence-corrected chi connectivity index (χ4v) is 4.51. The highest BCUT2D eigenvalue weighted by Gasteiger charge is 2.36. The number of ether oxygens (including phenoxy) is 2. The van der Waals surface area contributed by atoms with E-state index in [0.29, 0.717) is 17.2 Å². The molecule has 8 nitrogen and oxygen atoms in total. The van der Waals surface area contributed by atoms with Crippen LogP contribution in [0.2, 0.25) is 0 Å². The Labute approximate surface area is 206 Å². The quantitative estimate of drug-likeness (QED) is 0.513. The maximum atomic E-state index is 12.5. The van der Waals surface area contributed by atoms with E-state index < -0.39 is 0 Å². The fourth-order valence-electron chi connectivity index (χ4n) is 4.51. The monoisotopic (exact) mass is 485 g/mol. The number of fused-ring (bicyclic) bond motifs is 3. The van der Waals surface area contributed by atoms with Crippen molar-refractivity contribution in [2.24, 2.45) is 4.99 Å². The molecule has 0 radical (unpaired) electrons. The first-order valence-electron chi connectivity index (χ1n) is 11.0. The van der Waals surface area contributed by atoms with Gasteiger partial charge in [-0.1, -0.05) is 12.1 Å². The number of guanidine groups is 1. The molecule has 0 saturated carbocycles. The summed E-state index contributed by atoms with van der Waals surface area (Å²) in [5.41, 5.74) is 4.60. The van der Waals surface area contributed by atoms with Crippen molar-refractivity contribution in [1.29, 1.82) is 5.41 Å². The molecular formula is C25H32ClN5O3. The third-order valence-corrected chi connectivity index (χ3v) is 6.38. The summed E-state index contributed by atoms with van der Waals surface area (Å²) in [7, 11) is 8.87. The molecule has 0 unspecified atom stereocenters. The first-order chi connectivity index (χ1) is 15.8. The number of hydrogen-bond acceptors (Lipinski definition) is 6. The number of hydrogen-bond donors (Lipinski definition) is 2. The highest BCUT2D eigenvalue weighted by molar-refractivity contribution is 6.15. The lowest BCUT2D eigenvalue weighted by Gasteiger charge is -2.39. The molecule has 2 aliphatic rings. The first kappa shape index (κ1) is 25.5. The van der Waals surface area contributed by atoms with Gasteiger partial charge in [0.2, 0.25) is 0 Å². The highest BCUT2D eigenvalue weighted by atomic mass is 35.5. The number of rotatable bonds is 4. The number of likely N-dealkylation sites (N-methyl/N-ethyl adjacent to an activating group) is 1. The van der Waals surface area contributed by atoms with Crippen LogP contribution < -0.4 is 14.8 Å². The standard InChI is InChI=1S/C25H31N5O3.ClH/c1-29(2)25(26)28-24(31)16-8-6-15(7-9-16)23-18-13-22(33-5)21(32-4)12-17(18)19-14-30(3)11-10-20(19)27-23;/h6-9,12-13,19-20H,10-11,14H2,1-5H3,(H2,26,28,31);1H/t19-,20-;/m0./s1. The van der Waals surface area contributed by atoms with Crippen LogP contribution in [0.3, 0.4) is 0 Å². The van der Waals surface area contributed by atoms with Crippen molar-refractivity contribution < 1.29 is 14.3 Å². The Morgan fingerprint density at radius 1 is 1.15 bits per heavy atom. The molecule has 0 spiro atoms. The molecule has 2 N–H and O–H groups in total. The Kier molecular flexibility index (Phi) is 7.84. The van der Waals surface area contributed by atoms with Crippen LogP contribution in [-0.4, -0.2) is 81.9 Å². The molecule has 34 heavy (non-hydrogen) atoms. The lowest BCUT2D eigenvalue weighted by atomic mass is 9.79. The normalized spacial score (nSPS) is 19.0. The molecular weight excluding hydrogens is 454 g/mol. The van der Waals surface area contributed by atoms with Gasteiger partial charge >= 0.3 is 0 Å². The van der Waals surface area contributed by atoms with Crippen molar-refractivity contribution in [3.05, 3.63) is 58.7 Å². The molecule has 0 aliphatic carbocycles. The predicted octanol–water partition coefficient (Wildman–Crippen LogP) is 2.99. The van der Waals surface area contributed by atoms with Gasteiger partial charge in [-0.05, 0) is 49.8 Å². The van der Waals surface area contributed by atoms with E-state index in [1.807, 2.05) is 18.2 Å². The number of amides is 1. The number of carbonyl (C=O) groups is 1. The predicted molar refractivity (Wildman–Crippen MR) is 136 cm³/mol. The average molecular weight is 486 g/mol. The Bertz CT molecular complexity index is 1100. The summed E-state index contributed by atoms with van der Waals surface area (Å²) in [6, 6.07) is 11.7. The summed E-state index contributed by atoms with van der Waals surface area (Å²) < 4.78 is 11.2. The maximum absolute atomic E-state index is 12.5. The number of aliphatic imine (C=N–C) groups is 1. The number of benzene rings is 2. The minimum atomic E-state index is -0.312. The van der Waals surface area contributed by atoms with E-state index in [1.165, 1.54) is 5.56 Å². The number of nitrogens with one attached hydrogen (secondary N) is 2. The van der Waals surface area contributed by atoms with Crippen molar-refractivity contribution >= 4 is 30.0 Å². The molecule has 1 fully saturated rings. The van der Waals surface area contributed by atoms with Crippen molar-refractivity contribution in [1.82, 2.24) is 15.1 Å². The summed E-state index contributed by atoms with van der Waals surface area (Å²) >= 11 is 0. The second-order valence-electron chi connectivity index (χ2n) is 8.77. The van der Waals surface area contributed by atoms with Crippen LogP contribution in [0.5, 0.6) is 11.5 Å². The molecule has 2 aromatic rings. The third kappa shape index (κ3) is 4.88. The van der Waals surface area contributed by atoms with Gasteiger partial charge in [0.1, 0.15) is 0 Å². The molecule has 2 heterocycles. The number of nitrogens with zero attached hydrogens (tertiary/aromatic N) is 3. The Balaban J connectivity index is 0.00000324. The summed E-state index contributed by atoms with van der Waals surface area (Å²) in [5, 5.41) is 10.4. The molecule has 1 saturated heterocycles. The van der Waals surface area contributed by atoms with Gasteiger partial charge in [0.25, 0.3) is 5.91 Å². The number of likely N-dealkylation sites (tertiary alicyclic amines) is 1. The van der Waals surface area contributed by atoms with Crippen molar-refractivity contribution in [3.8, 4) is 11.5 Å². The third-order valence-electron chi connectivity index (χ3n) is 6.38. The van der Waals surface area contributed by atoms with Crippen molar-refractivity contribution in [2.75, 3.05) is 48.5 Å². The van der Waals surface area contributed by atoms with Gasteiger partial charge in [-0.2, -0.15) is 0 Å². The van der Waals surface area contributed by atoms with Gasteiger partial charge < -0.3 is 19.3 Å². The van der Waals surface area contributed by atoms with Gasteiger partial charge in [-0.25, -0.2) is 0 Å². The van der Waals surface area contributed by atoms with Crippen LogP contribution in [0, 0.1) is 5.41 Å². The lowest BCUT2D eigenvalue weighted by molar-refractivity contribution is 0.0973. The summed E-state index contributed by atoms with van der Waals surface area (Å²) in [4.78, 5) is 21.5. The average Bonchev–Trinajstić information content (AvgIpc) is 2.82. The van der Waals surface area contributed by atoms with Crippen LogP contribution in [0.4, 0.5) is 0 Å². The van der Waals surface area contributed by atoms with Crippen LogP contribution in [0.15, 0.2) is 41.4 Å². The minimum absolute atomic E-state index is 0. The van der Waals surface area contributed by atoms with E-state index in [-0.39, 0.29) is 30.3 Å². The smallest absolute Gasteiger partial charge is 0.257 e. The van der Waals surface area contributed by atoms with Crippen LogP contribution >= 0.6 is 12.4 Å². The van der Waals surface area contributed by atoms with Gasteiger partial charge in [0, 0.05) is 43.2 Å². The summed E-state index contributed by atoms with van der Waals surface area (Å²) in [6.45, 7) is 1.96. The second kappa shape index (κ2) is 10.4. The second-order valence-corrected chi connectivity index (χ2v) is 8.77. The van der Waals surface area contributed by atoms with E-state index in [2.05, 4.69) is 23.3 Å². The molecule has 182 valence electrons. The van der Waals surface area contributed by atoms with Gasteiger partial charge in [-0.15, -0.1) is 12.4 Å². The molecule has 4 rings (SSSR count). The van der Waals surface area contributed by atoms with Gasteiger partial charge in [-0.3, -0.25) is 20.5 Å². The molecule has 2 atom stereocenters. The van der Waals surface area contributed by atoms with E-state index in [4.69, 9.17) is 19.9 Å². The molecule has 0 aromatic heterocycles. The first-order valence-corrected chi connectivity index (χ1v) is 11.0. The Morgan fingerprint density at radius 3 is 2.41 bits per heavy atom. The summed E-state index contributed by atoms with van der Waals surface area (Å²) in [5.74, 6) is 1.42. The maximum Gasteiger partial charge on any atom is 0.257 e. The Hall–Kier alpha value is -3.10. The van der Waals surface area contributed by atoms with Crippen LogP contribution in [0.25, 0.3) is 0 Å². The molecule has 2 aliphatic heterocycles.